The van der Waals surface area contributed by atoms with E-state index in [1.807, 2.05) is 0 Å². The molecular weight excluding hydrogens is 975 g/mol. The molecule has 3 fully saturated rings. The molecule has 3 aromatic carbocycles. The summed E-state index contributed by atoms with van der Waals surface area (Å²) in [6.45, 7) is 7.60. The maximum atomic E-state index is 15.7. The summed E-state index contributed by atoms with van der Waals surface area (Å²) in [7, 11) is 2.67. The minimum absolute atomic E-state index is 0.0377. The minimum atomic E-state index is -2.48. The number of aliphatic hydroxyl groups excluding tert-OH is 2. The van der Waals surface area contributed by atoms with Crippen molar-refractivity contribution in [2.75, 3.05) is 31.3 Å². The lowest BCUT2D eigenvalue weighted by molar-refractivity contribution is -0.346. The third-order valence-electron chi connectivity index (χ3n) is 14.3. The van der Waals surface area contributed by atoms with E-state index in [1.54, 1.807) is 80.6 Å². The molecule has 2 unspecified atom stereocenters. The number of hydrogen-bond acceptors (Lipinski definition) is 19. The van der Waals surface area contributed by atoms with Crippen LogP contribution in [0.15, 0.2) is 102 Å². The van der Waals surface area contributed by atoms with Crippen LogP contribution in [-0.4, -0.2) is 136 Å². The number of amides is 1. The predicted octanol–water partition coefficient (Wildman–Crippen LogP) is 5.27. The van der Waals surface area contributed by atoms with Gasteiger partial charge in [-0.1, -0.05) is 102 Å². The zero-order chi connectivity index (χ0) is 52.2. The van der Waals surface area contributed by atoms with Crippen molar-refractivity contribution in [3.8, 4) is 0 Å². The molecule has 386 valence electrons. The fraction of sp³-hybridized carbons (Fsp3) is 0.481. The summed E-state index contributed by atoms with van der Waals surface area (Å²) in [6, 6.07) is 22.5. The number of benzene rings is 3. The fourth-order valence-corrected chi connectivity index (χ4v) is 12.3. The van der Waals surface area contributed by atoms with Gasteiger partial charge in [0.05, 0.1) is 36.2 Å². The first-order valence-corrected chi connectivity index (χ1v) is 25.9. The normalized spacial score (nSPS) is 28.9. The van der Waals surface area contributed by atoms with E-state index in [2.05, 4.69) is 5.32 Å². The van der Waals surface area contributed by atoms with Crippen LogP contribution in [0.25, 0.3) is 0 Å². The standard InChI is InChI=1S/C52H59NO17S2/c1-29-35(67-47(61)41(68-48(62)64-23-25-72-71-24-22-54)39(32-16-10-7-11-17-32)53-45(59)33-18-12-8-13-19-33)27-52(63)44(69-46(60)34-20-14-9-15-21-34)42-50(6,36(57)26-37-51(42,28-65-37)70-31(3)56)43(58)40(66-30(2)55)38(29)49(52,4)5/h7-21,35-37,39-42,44,54,57,63H,22-28H2,1-6H3,(H,53,59)/t35-,36-,37+,39-,40+,41+,42?,44?,50+,51-,52+/m0/s1. The number of carbonyl (C=O) groups is 7. The van der Waals surface area contributed by atoms with Crippen LogP contribution in [0.5, 0.6) is 0 Å². The first kappa shape index (κ1) is 54.0. The number of ketones is 1. The van der Waals surface area contributed by atoms with Crippen molar-refractivity contribution in [1.82, 2.24) is 5.32 Å². The van der Waals surface area contributed by atoms with Crippen molar-refractivity contribution in [2.24, 2.45) is 16.7 Å². The Bertz CT molecular complexity index is 2550. The van der Waals surface area contributed by atoms with E-state index in [9.17, 15) is 34.2 Å². The van der Waals surface area contributed by atoms with Gasteiger partial charge in [0.25, 0.3) is 5.91 Å². The maximum absolute atomic E-state index is 15.7. The molecule has 1 amide bonds. The van der Waals surface area contributed by atoms with E-state index >= 15 is 9.59 Å². The largest absolute Gasteiger partial charge is 0.509 e. The number of hydrogen-bond donors (Lipinski definition) is 4. The van der Waals surface area contributed by atoms with Crippen LogP contribution in [0.2, 0.25) is 0 Å². The molecule has 1 saturated heterocycles. The van der Waals surface area contributed by atoms with E-state index in [4.69, 9.17) is 38.3 Å². The predicted molar refractivity (Wildman–Crippen MR) is 260 cm³/mol. The second kappa shape index (κ2) is 22.1. The molecule has 1 aliphatic heterocycles. The van der Waals surface area contributed by atoms with Gasteiger partial charge < -0.3 is 53.8 Å². The SMILES string of the molecule is CC(=O)O[C@H]1C(=O)[C@@]2(C)C(C(OC(=O)c3ccccc3)[C@]3(O)C[C@H](OC(=O)[C@H](OC(=O)OCCSSCCO)[C@@H](NC(=O)c4ccccc4)c4ccccc4)C(C)=C1C3(C)C)[C@]1(OC(C)=O)CO[C@@H]1C[C@@H]2O. The fourth-order valence-electron chi connectivity index (χ4n) is 10.7. The van der Waals surface area contributed by atoms with E-state index in [0.29, 0.717) is 11.3 Å². The Morgan fingerprint density at radius 2 is 1.44 bits per heavy atom. The smallest absolute Gasteiger partial charge is 0.455 e. The Labute approximate surface area is 424 Å². The Morgan fingerprint density at radius 1 is 0.833 bits per heavy atom. The van der Waals surface area contributed by atoms with Gasteiger partial charge in [0.15, 0.2) is 17.5 Å². The van der Waals surface area contributed by atoms with E-state index in [1.165, 1.54) is 59.7 Å². The lowest BCUT2D eigenvalue weighted by Gasteiger charge is -2.67. The Kier molecular flexibility index (Phi) is 16.6. The average Bonchev–Trinajstić information content (AvgIpc) is 3.35. The van der Waals surface area contributed by atoms with E-state index in [0.717, 1.165) is 13.8 Å². The third-order valence-corrected chi connectivity index (χ3v) is 16.7. The molecule has 11 atom stereocenters. The number of nitrogens with one attached hydrogen (secondary N) is 1. The summed E-state index contributed by atoms with van der Waals surface area (Å²) < 4.78 is 41.9. The number of esters is 4. The number of ether oxygens (including phenoxy) is 7. The second-order valence-electron chi connectivity index (χ2n) is 18.9. The van der Waals surface area contributed by atoms with Crippen molar-refractivity contribution in [2.45, 2.75) is 108 Å². The topological polar surface area (TPSA) is 257 Å². The quantitative estimate of drug-likeness (QED) is 0.0441. The zero-order valence-corrected chi connectivity index (χ0v) is 42.2. The zero-order valence-electron chi connectivity index (χ0n) is 40.6. The van der Waals surface area contributed by atoms with Crippen molar-refractivity contribution >= 4 is 63.3 Å². The average molecular weight is 1030 g/mol. The van der Waals surface area contributed by atoms with Gasteiger partial charge in [0.1, 0.15) is 36.6 Å². The van der Waals surface area contributed by atoms with Crippen molar-refractivity contribution in [1.29, 1.82) is 0 Å². The highest BCUT2D eigenvalue weighted by Crippen LogP contribution is 2.64. The molecule has 0 aromatic heterocycles. The highest BCUT2D eigenvalue weighted by Gasteiger charge is 2.78. The molecule has 4 aliphatic rings. The number of carbonyl (C=O) groups excluding carboxylic acids is 7. The Balaban J connectivity index is 1.39. The minimum Gasteiger partial charge on any atom is -0.455 e. The number of aliphatic hydroxyl groups is 3. The third kappa shape index (κ3) is 10.4. The van der Waals surface area contributed by atoms with E-state index < -0.39 is 119 Å². The summed E-state index contributed by atoms with van der Waals surface area (Å²) in [4.78, 5) is 99.2. The van der Waals surface area contributed by atoms with Crippen molar-refractivity contribution in [3.05, 3.63) is 119 Å². The van der Waals surface area contributed by atoms with Gasteiger partial charge >= 0.3 is 30.0 Å². The van der Waals surface area contributed by atoms with Gasteiger partial charge in [-0.2, -0.15) is 0 Å². The summed E-state index contributed by atoms with van der Waals surface area (Å²) >= 11 is 0. The molecule has 7 rings (SSSR count). The molecule has 3 aromatic rings. The first-order valence-electron chi connectivity index (χ1n) is 23.4. The van der Waals surface area contributed by atoms with Crippen LogP contribution in [0.3, 0.4) is 0 Å². The number of Topliss-reactive ketones (excluding diaryl/α,β-unsaturated/α-hetero) is 1. The van der Waals surface area contributed by atoms with Gasteiger partial charge in [-0.25, -0.2) is 14.4 Å². The van der Waals surface area contributed by atoms with Crippen LogP contribution in [0.1, 0.15) is 86.7 Å². The molecule has 20 heteroatoms. The molecule has 2 bridgehead atoms. The van der Waals surface area contributed by atoms with Gasteiger partial charge in [0.2, 0.25) is 6.10 Å². The number of fused-ring (bicyclic) bond motifs is 5. The highest BCUT2D eigenvalue weighted by molar-refractivity contribution is 8.76. The molecule has 72 heavy (non-hydrogen) atoms. The summed E-state index contributed by atoms with van der Waals surface area (Å²) in [5.74, 6) is -6.42. The van der Waals surface area contributed by atoms with E-state index in [-0.39, 0.29) is 54.3 Å². The van der Waals surface area contributed by atoms with Gasteiger partial charge in [0, 0.05) is 49.2 Å². The molecular formula is C52H59NO17S2. The van der Waals surface area contributed by atoms with Crippen LogP contribution < -0.4 is 5.32 Å². The maximum Gasteiger partial charge on any atom is 0.509 e. The van der Waals surface area contributed by atoms with Gasteiger partial charge in [-0.3, -0.25) is 19.2 Å². The van der Waals surface area contributed by atoms with Crippen molar-refractivity contribution < 1.29 is 82.0 Å². The molecule has 18 nitrogen and oxygen atoms in total. The number of rotatable bonds is 17. The van der Waals surface area contributed by atoms with Gasteiger partial charge in [-0.15, -0.1) is 0 Å². The molecule has 0 spiro atoms. The van der Waals surface area contributed by atoms with Crippen LogP contribution >= 0.6 is 21.6 Å². The monoisotopic (exact) mass is 1030 g/mol. The lowest BCUT2D eigenvalue weighted by Crippen LogP contribution is -2.82. The molecule has 3 aliphatic carbocycles. The van der Waals surface area contributed by atoms with Crippen LogP contribution in [0.4, 0.5) is 4.79 Å². The van der Waals surface area contributed by atoms with Crippen LogP contribution in [-0.2, 0) is 52.3 Å². The Morgan fingerprint density at radius 3 is 2.03 bits per heavy atom. The van der Waals surface area contributed by atoms with Crippen molar-refractivity contribution in [3.63, 3.8) is 0 Å². The van der Waals surface area contributed by atoms with Gasteiger partial charge in [-0.05, 0) is 54.8 Å². The summed E-state index contributed by atoms with van der Waals surface area (Å²) in [5, 5.41) is 38.1. The summed E-state index contributed by atoms with van der Waals surface area (Å²) in [5.41, 5.74) is -7.56. The van der Waals surface area contributed by atoms with Crippen LogP contribution in [0, 0.1) is 16.7 Å². The lowest BCUT2D eigenvalue weighted by atomic mass is 9.44. The molecule has 2 saturated carbocycles. The first-order chi connectivity index (χ1) is 34.2. The second-order valence-corrected chi connectivity index (χ2v) is 21.6. The Hall–Kier alpha value is -5.77. The molecule has 1 heterocycles. The highest BCUT2D eigenvalue weighted by atomic mass is 33.1. The molecule has 0 radical (unpaired) electrons. The molecule has 4 N–H and O–H groups in total. The summed E-state index contributed by atoms with van der Waals surface area (Å²) in [6.07, 6.45) is -12.2.